The molecule has 0 aliphatic heterocycles. The van der Waals surface area contributed by atoms with Gasteiger partial charge in [0.15, 0.2) is 0 Å². The van der Waals surface area contributed by atoms with Crippen molar-refractivity contribution in [2.75, 3.05) is 4.72 Å². The van der Waals surface area contributed by atoms with Crippen LogP contribution < -0.4 is 14.9 Å². The van der Waals surface area contributed by atoms with Crippen molar-refractivity contribution in [1.29, 1.82) is 0 Å². The number of rotatable bonds is 8. The van der Waals surface area contributed by atoms with Crippen molar-refractivity contribution in [3.63, 3.8) is 0 Å². The van der Waals surface area contributed by atoms with Gasteiger partial charge in [-0.1, -0.05) is 35.9 Å². The first-order chi connectivity index (χ1) is 18.2. The third-order valence-electron chi connectivity index (χ3n) is 5.10. The molecular formula is C27H19ClFN3O5S. The van der Waals surface area contributed by atoms with Crippen molar-refractivity contribution >= 4 is 45.4 Å². The van der Waals surface area contributed by atoms with E-state index in [9.17, 15) is 22.4 Å². The lowest BCUT2D eigenvalue weighted by atomic mass is 10.2. The average Bonchev–Trinajstić information content (AvgIpc) is 2.90. The number of carbonyl (C=O) groups is 2. The zero-order chi connectivity index (χ0) is 27.1. The highest BCUT2D eigenvalue weighted by Crippen LogP contribution is 2.21. The zero-order valence-corrected chi connectivity index (χ0v) is 21.0. The lowest BCUT2D eigenvalue weighted by Crippen LogP contribution is -2.21. The molecule has 4 rings (SSSR count). The lowest BCUT2D eigenvalue weighted by molar-refractivity contribution is 0.0729. The summed E-state index contributed by atoms with van der Waals surface area (Å²) in [6.07, 6.45) is 1.35. The number of ether oxygens (including phenoxy) is 1. The van der Waals surface area contributed by atoms with Crippen LogP contribution in [0, 0.1) is 5.82 Å². The number of anilines is 1. The number of hydrazone groups is 1. The molecule has 8 nitrogen and oxygen atoms in total. The van der Waals surface area contributed by atoms with E-state index in [-0.39, 0.29) is 27.5 Å². The molecule has 0 aromatic heterocycles. The number of hydrogen-bond acceptors (Lipinski definition) is 6. The summed E-state index contributed by atoms with van der Waals surface area (Å²) in [7, 11) is -3.97. The summed E-state index contributed by atoms with van der Waals surface area (Å²) in [6.45, 7) is 0. The molecule has 0 aliphatic carbocycles. The molecule has 192 valence electrons. The van der Waals surface area contributed by atoms with E-state index in [0.717, 1.165) is 6.07 Å². The van der Waals surface area contributed by atoms with Gasteiger partial charge in [0.1, 0.15) is 11.6 Å². The molecule has 0 saturated carbocycles. The van der Waals surface area contributed by atoms with Crippen LogP contribution in [-0.4, -0.2) is 26.5 Å². The number of esters is 1. The van der Waals surface area contributed by atoms with Crippen LogP contribution in [0.3, 0.4) is 0 Å². The standard InChI is InChI=1S/C27H19ClFN3O5S/c28-19-11-15-21(16-12-19)38(35,36)32-25-8-4-2-6-23(25)26(33)31-30-17-18-9-13-20(14-10-18)37-27(34)22-5-1-3-7-24(22)29/h1-17,32H,(H,31,33). The van der Waals surface area contributed by atoms with Crippen LogP contribution >= 0.6 is 11.6 Å². The van der Waals surface area contributed by atoms with Crippen molar-refractivity contribution in [2.24, 2.45) is 5.10 Å². The molecule has 2 N–H and O–H groups in total. The number of amides is 1. The average molecular weight is 552 g/mol. The maximum Gasteiger partial charge on any atom is 0.346 e. The summed E-state index contributed by atoms with van der Waals surface area (Å²) in [6, 6.07) is 23.3. The lowest BCUT2D eigenvalue weighted by Gasteiger charge is -2.11. The minimum absolute atomic E-state index is 0.0156. The van der Waals surface area contributed by atoms with E-state index in [1.54, 1.807) is 24.3 Å². The highest BCUT2D eigenvalue weighted by molar-refractivity contribution is 7.92. The Morgan fingerprint density at radius 2 is 1.47 bits per heavy atom. The first kappa shape index (κ1) is 26.5. The Morgan fingerprint density at radius 1 is 0.842 bits per heavy atom. The molecule has 0 unspecified atom stereocenters. The fourth-order valence-corrected chi connectivity index (χ4v) is 4.43. The minimum atomic E-state index is -3.97. The molecule has 38 heavy (non-hydrogen) atoms. The van der Waals surface area contributed by atoms with Gasteiger partial charge in [0.2, 0.25) is 0 Å². The number of benzene rings is 4. The van der Waals surface area contributed by atoms with Crippen LogP contribution in [-0.2, 0) is 10.0 Å². The number of halogens is 2. The van der Waals surface area contributed by atoms with E-state index in [1.165, 1.54) is 72.9 Å². The van der Waals surface area contributed by atoms with Crippen LogP contribution in [0.5, 0.6) is 5.75 Å². The Balaban J connectivity index is 1.39. The molecule has 0 saturated heterocycles. The Hall–Kier alpha value is -4.54. The van der Waals surface area contributed by atoms with Gasteiger partial charge < -0.3 is 4.74 Å². The van der Waals surface area contributed by atoms with Gasteiger partial charge in [-0.25, -0.2) is 23.0 Å². The third kappa shape index (κ3) is 6.61. The maximum absolute atomic E-state index is 13.7. The van der Waals surface area contributed by atoms with Gasteiger partial charge in [0.05, 0.1) is 27.9 Å². The highest BCUT2D eigenvalue weighted by atomic mass is 35.5. The molecular weight excluding hydrogens is 533 g/mol. The van der Waals surface area contributed by atoms with Gasteiger partial charge in [-0.15, -0.1) is 0 Å². The predicted molar refractivity (Wildman–Crippen MR) is 142 cm³/mol. The fraction of sp³-hybridized carbons (Fsp3) is 0. The van der Waals surface area contributed by atoms with Crippen LogP contribution in [0.2, 0.25) is 5.02 Å². The Bertz CT molecular complexity index is 1610. The molecule has 0 radical (unpaired) electrons. The Labute approximate surface area is 222 Å². The van der Waals surface area contributed by atoms with E-state index in [0.29, 0.717) is 10.6 Å². The molecule has 11 heteroatoms. The van der Waals surface area contributed by atoms with Crippen molar-refractivity contribution in [3.05, 3.63) is 125 Å². The van der Waals surface area contributed by atoms with Crippen LogP contribution in [0.15, 0.2) is 107 Å². The molecule has 4 aromatic rings. The number of para-hydroxylation sites is 1. The topological polar surface area (TPSA) is 114 Å². The van der Waals surface area contributed by atoms with E-state index in [1.807, 2.05) is 0 Å². The summed E-state index contributed by atoms with van der Waals surface area (Å²) in [4.78, 5) is 24.8. The molecule has 0 fully saturated rings. The van der Waals surface area contributed by atoms with Gasteiger partial charge in [0, 0.05) is 5.02 Å². The largest absolute Gasteiger partial charge is 0.423 e. The monoisotopic (exact) mass is 551 g/mol. The normalized spacial score (nSPS) is 11.2. The van der Waals surface area contributed by atoms with E-state index >= 15 is 0 Å². The maximum atomic E-state index is 13.7. The van der Waals surface area contributed by atoms with Gasteiger partial charge in [0.25, 0.3) is 15.9 Å². The number of hydrogen-bond donors (Lipinski definition) is 2. The fourth-order valence-electron chi connectivity index (χ4n) is 3.22. The van der Waals surface area contributed by atoms with Crippen LogP contribution in [0.4, 0.5) is 10.1 Å². The molecule has 0 bridgehead atoms. The molecule has 4 aromatic carbocycles. The number of carbonyl (C=O) groups excluding carboxylic acids is 2. The number of sulfonamides is 1. The molecule has 0 aliphatic rings. The summed E-state index contributed by atoms with van der Waals surface area (Å²) >= 11 is 5.82. The molecule has 0 heterocycles. The Kier molecular flexibility index (Phi) is 8.15. The minimum Gasteiger partial charge on any atom is -0.423 e. The van der Waals surface area contributed by atoms with Crippen LogP contribution in [0.25, 0.3) is 0 Å². The molecule has 1 amide bonds. The van der Waals surface area contributed by atoms with Crippen LogP contribution in [0.1, 0.15) is 26.3 Å². The first-order valence-electron chi connectivity index (χ1n) is 11.0. The highest BCUT2D eigenvalue weighted by Gasteiger charge is 2.18. The Morgan fingerprint density at radius 3 is 2.16 bits per heavy atom. The third-order valence-corrected chi connectivity index (χ3v) is 6.74. The summed E-state index contributed by atoms with van der Waals surface area (Å²) in [5.74, 6) is -1.97. The van der Waals surface area contributed by atoms with E-state index in [2.05, 4.69) is 15.2 Å². The van der Waals surface area contributed by atoms with Crippen molar-refractivity contribution in [2.45, 2.75) is 4.90 Å². The summed E-state index contributed by atoms with van der Waals surface area (Å²) < 4.78 is 46.7. The molecule has 0 atom stereocenters. The second kappa shape index (κ2) is 11.7. The predicted octanol–water partition coefficient (Wildman–Crippen LogP) is 5.26. The second-order valence-corrected chi connectivity index (χ2v) is 9.86. The number of nitrogens with zero attached hydrogens (tertiary/aromatic N) is 1. The quantitative estimate of drug-likeness (QED) is 0.134. The van der Waals surface area contributed by atoms with Gasteiger partial charge in [-0.3, -0.25) is 9.52 Å². The van der Waals surface area contributed by atoms with E-state index < -0.39 is 27.7 Å². The summed E-state index contributed by atoms with van der Waals surface area (Å²) in [5.41, 5.74) is 2.84. The molecule has 0 spiro atoms. The number of nitrogens with one attached hydrogen (secondary N) is 2. The van der Waals surface area contributed by atoms with Gasteiger partial charge >= 0.3 is 5.97 Å². The van der Waals surface area contributed by atoms with E-state index in [4.69, 9.17) is 16.3 Å². The smallest absolute Gasteiger partial charge is 0.346 e. The zero-order valence-electron chi connectivity index (χ0n) is 19.5. The van der Waals surface area contributed by atoms with Crippen molar-refractivity contribution in [3.8, 4) is 5.75 Å². The first-order valence-corrected chi connectivity index (χ1v) is 12.9. The SMILES string of the molecule is O=C(Oc1ccc(C=NNC(=O)c2ccccc2NS(=O)(=O)c2ccc(Cl)cc2)cc1)c1ccccc1F. The van der Waals surface area contributed by atoms with Crippen molar-refractivity contribution < 1.29 is 27.1 Å². The second-order valence-electron chi connectivity index (χ2n) is 7.74. The summed E-state index contributed by atoms with van der Waals surface area (Å²) in [5, 5.41) is 4.29. The van der Waals surface area contributed by atoms with Gasteiger partial charge in [-0.05, 0) is 78.4 Å². The van der Waals surface area contributed by atoms with Crippen molar-refractivity contribution in [1.82, 2.24) is 5.43 Å². The van der Waals surface area contributed by atoms with Gasteiger partial charge in [-0.2, -0.15) is 5.10 Å².